The number of benzene rings is 2. The van der Waals surface area contributed by atoms with Crippen molar-refractivity contribution in [2.45, 2.75) is 31.6 Å². The topological polar surface area (TPSA) is 76.7 Å². The third kappa shape index (κ3) is 4.89. The number of alkyl carbamates (subject to hydrolysis) is 2. The molecule has 176 valence electrons. The van der Waals surface area contributed by atoms with Gasteiger partial charge in [-0.2, -0.15) is 0 Å². The molecule has 0 aromatic heterocycles. The van der Waals surface area contributed by atoms with Crippen molar-refractivity contribution in [3.05, 3.63) is 59.7 Å². The van der Waals surface area contributed by atoms with E-state index in [1.807, 2.05) is 24.3 Å². The van der Waals surface area contributed by atoms with E-state index in [0.29, 0.717) is 24.4 Å². The molecule has 3 atom stereocenters. The molecule has 1 fully saturated rings. The lowest BCUT2D eigenvalue weighted by atomic mass is 9.98. The zero-order valence-corrected chi connectivity index (χ0v) is 19.2. The maximum absolute atomic E-state index is 12.2. The largest absolute Gasteiger partial charge is 0.449 e. The quantitative estimate of drug-likeness (QED) is 0.466. The monoisotopic (exact) mass is 458 g/mol. The summed E-state index contributed by atoms with van der Waals surface area (Å²) in [6.07, 6.45) is 3.18. The van der Waals surface area contributed by atoms with Gasteiger partial charge in [-0.15, -0.1) is 11.8 Å². The van der Waals surface area contributed by atoms with E-state index in [-0.39, 0.29) is 25.6 Å². The van der Waals surface area contributed by atoms with Crippen LogP contribution < -0.4 is 10.6 Å². The molecule has 1 unspecified atom stereocenters. The van der Waals surface area contributed by atoms with Gasteiger partial charge in [0.05, 0.1) is 6.61 Å². The van der Waals surface area contributed by atoms with Crippen LogP contribution in [0.1, 0.15) is 42.7 Å². The first kappa shape index (κ1) is 22.3. The van der Waals surface area contributed by atoms with Crippen molar-refractivity contribution in [1.29, 1.82) is 0 Å². The van der Waals surface area contributed by atoms with Gasteiger partial charge in [0, 0.05) is 31.8 Å². The minimum absolute atomic E-state index is 0.0255. The van der Waals surface area contributed by atoms with Gasteiger partial charge >= 0.3 is 12.2 Å². The molecule has 0 spiro atoms. The second kappa shape index (κ2) is 10.2. The molecule has 0 bridgehead atoms. The Hall–Kier alpha value is -3.46. The Bertz CT molecular complexity index is 1060. The molecule has 5 rings (SSSR count). The highest BCUT2D eigenvalue weighted by atomic mass is 16.6. The predicted molar refractivity (Wildman–Crippen MR) is 129 cm³/mol. The summed E-state index contributed by atoms with van der Waals surface area (Å²) >= 11 is 0. The van der Waals surface area contributed by atoms with Crippen molar-refractivity contribution >= 4 is 12.2 Å². The molecule has 0 radical (unpaired) electrons. The first-order chi connectivity index (χ1) is 16.7. The lowest BCUT2D eigenvalue weighted by molar-refractivity contribution is 0.135. The number of carbonyl (C=O) groups is 2. The van der Waals surface area contributed by atoms with Gasteiger partial charge in [0.1, 0.15) is 6.61 Å². The van der Waals surface area contributed by atoms with Crippen LogP contribution in [0.4, 0.5) is 9.59 Å². The van der Waals surface area contributed by atoms with Crippen LogP contribution in [0.5, 0.6) is 0 Å². The molecule has 34 heavy (non-hydrogen) atoms. The molecule has 3 aliphatic carbocycles. The molecule has 2 aromatic carbocycles. The van der Waals surface area contributed by atoms with E-state index < -0.39 is 12.2 Å². The molecular weight excluding hydrogens is 428 g/mol. The van der Waals surface area contributed by atoms with Crippen LogP contribution >= 0.6 is 0 Å². The summed E-state index contributed by atoms with van der Waals surface area (Å²) in [5.41, 5.74) is 4.74. The van der Waals surface area contributed by atoms with Crippen LogP contribution in [0.15, 0.2) is 48.5 Å². The Morgan fingerprint density at radius 1 is 0.765 bits per heavy atom. The fourth-order valence-corrected chi connectivity index (χ4v) is 5.48. The number of amides is 2. The standard InChI is InChI=1S/C28H30N2O4/c31-27(33-17-25-21-13-7-5-11-19(21)20-12-6-8-14-22(20)25)29-15-16-30-28(32)34-18-26-23-9-3-1-2-4-10-24(23)26/h5-8,11-14,23-26H,3-4,9-10,15-18H2,(H,29,31)(H,30,32)/t23-,24+,26?. The predicted octanol–water partition coefficient (Wildman–Crippen LogP) is 4.69. The highest BCUT2D eigenvalue weighted by Crippen LogP contribution is 2.52. The molecule has 6 nitrogen and oxygen atoms in total. The Morgan fingerprint density at radius 2 is 1.26 bits per heavy atom. The first-order valence-electron chi connectivity index (χ1n) is 12.2. The van der Waals surface area contributed by atoms with Crippen molar-refractivity contribution in [2.24, 2.45) is 17.8 Å². The van der Waals surface area contributed by atoms with Crippen LogP contribution in [-0.4, -0.2) is 38.5 Å². The highest BCUT2D eigenvalue weighted by molar-refractivity contribution is 5.79. The van der Waals surface area contributed by atoms with Gasteiger partial charge in [-0.3, -0.25) is 0 Å². The summed E-state index contributed by atoms with van der Waals surface area (Å²) < 4.78 is 10.9. The molecule has 1 saturated carbocycles. The lowest BCUT2D eigenvalue weighted by Gasteiger charge is -2.14. The second-order valence-corrected chi connectivity index (χ2v) is 9.20. The summed E-state index contributed by atoms with van der Waals surface area (Å²) in [5, 5.41) is 5.39. The Kier molecular flexibility index (Phi) is 6.71. The maximum Gasteiger partial charge on any atom is 0.407 e. The Labute approximate surface area is 200 Å². The fourth-order valence-electron chi connectivity index (χ4n) is 5.48. The SMILES string of the molecule is O=C(NCCNC(=O)OCC1[C@H]2CCC#CCC[C@@H]12)OCC1c2ccccc2-c2ccccc21. The van der Waals surface area contributed by atoms with E-state index in [0.717, 1.165) is 25.7 Å². The Balaban J connectivity index is 0.994. The summed E-state index contributed by atoms with van der Waals surface area (Å²) in [5.74, 6) is 8.17. The maximum atomic E-state index is 12.2. The van der Waals surface area contributed by atoms with Gasteiger partial charge < -0.3 is 20.1 Å². The van der Waals surface area contributed by atoms with E-state index in [1.165, 1.54) is 22.3 Å². The van der Waals surface area contributed by atoms with Gasteiger partial charge in [-0.05, 0) is 52.8 Å². The Morgan fingerprint density at radius 3 is 1.82 bits per heavy atom. The minimum atomic E-state index is -0.492. The van der Waals surface area contributed by atoms with Gasteiger partial charge in [-0.1, -0.05) is 48.5 Å². The zero-order valence-electron chi connectivity index (χ0n) is 19.2. The number of hydrogen-bond acceptors (Lipinski definition) is 4. The van der Waals surface area contributed by atoms with Crippen LogP contribution in [0, 0.1) is 29.6 Å². The number of nitrogens with one attached hydrogen (secondary N) is 2. The van der Waals surface area contributed by atoms with E-state index in [4.69, 9.17) is 9.47 Å². The number of carbonyl (C=O) groups excluding carboxylic acids is 2. The van der Waals surface area contributed by atoms with Gasteiger partial charge in [0.2, 0.25) is 0 Å². The fraction of sp³-hybridized carbons (Fsp3) is 0.429. The second-order valence-electron chi connectivity index (χ2n) is 9.20. The summed E-state index contributed by atoms with van der Waals surface area (Å²) in [4.78, 5) is 24.2. The van der Waals surface area contributed by atoms with Crippen LogP contribution in [0.3, 0.4) is 0 Å². The minimum Gasteiger partial charge on any atom is -0.449 e. The van der Waals surface area contributed by atoms with Gasteiger partial charge in [0.25, 0.3) is 0 Å². The molecule has 6 heteroatoms. The van der Waals surface area contributed by atoms with Crippen LogP contribution in [-0.2, 0) is 9.47 Å². The third-order valence-electron chi connectivity index (χ3n) is 7.25. The molecule has 2 amide bonds. The van der Waals surface area contributed by atoms with Crippen molar-refractivity contribution in [1.82, 2.24) is 10.6 Å². The van der Waals surface area contributed by atoms with E-state index in [2.05, 4.69) is 46.7 Å². The molecule has 2 N–H and O–H groups in total. The zero-order chi connectivity index (χ0) is 23.3. The van der Waals surface area contributed by atoms with Gasteiger partial charge in [0.15, 0.2) is 0 Å². The molecule has 0 saturated heterocycles. The molecule has 3 aliphatic rings. The van der Waals surface area contributed by atoms with Crippen molar-refractivity contribution in [3.63, 3.8) is 0 Å². The molecule has 2 aromatic rings. The molecule has 0 heterocycles. The number of hydrogen-bond donors (Lipinski definition) is 2. The summed E-state index contributed by atoms with van der Waals surface area (Å²) in [6.45, 7) is 1.29. The van der Waals surface area contributed by atoms with E-state index >= 15 is 0 Å². The summed E-state index contributed by atoms with van der Waals surface area (Å²) in [7, 11) is 0. The van der Waals surface area contributed by atoms with Crippen molar-refractivity contribution in [2.75, 3.05) is 26.3 Å². The van der Waals surface area contributed by atoms with Crippen molar-refractivity contribution in [3.8, 4) is 23.0 Å². The van der Waals surface area contributed by atoms with Crippen LogP contribution in [0.2, 0.25) is 0 Å². The molecular formula is C28H30N2O4. The lowest BCUT2D eigenvalue weighted by Crippen LogP contribution is -2.35. The average Bonchev–Trinajstić information content (AvgIpc) is 3.38. The normalized spacial score (nSPS) is 21.9. The van der Waals surface area contributed by atoms with Crippen molar-refractivity contribution < 1.29 is 19.1 Å². The smallest absolute Gasteiger partial charge is 0.407 e. The third-order valence-corrected chi connectivity index (χ3v) is 7.25. The van der Waals surface area contributed by atoms with E-state index in [1.54, 1.807) is 0 Å². The van der Waals surface area contributed by atoms with Crippen LogP contribution in [0.25, 0.3) is 11.1 Å². The number of ether oxygens (including phenoxy) is 2. The highest BCUT2D eigenvalue weighted by Gasteiger charge is 2.49. The van der Waals surface area contributed by atoms with Gasteiger partial charge in [-0.25, -0.2) is 9.59 Å². The number of rotatable bonds is 7. The first-order valence-corrected chi connectivity index (χ1v) is 12.2. The number of fused-ring (bicyclic) bond motifs is 4. The average molecular weight is 459 g/mol. The summed E-state index contributed by atoms with van der Waals surface area (Å²) in [6, 6.07) is 16.5. The van der Waals surface area contributed by atoms with E-state index in [9.17, 15) is 9.59 Å². The molecule has 0 aliphatic heterocycles.